The first kappa shape index (κ1) is 18.5. The van der Waals surface area contributed by atoms with Gasteiger partial charge in [-0.3, -0.25) is 9.59 Å². The lowest BCUT2D eigenvalue weighted by Crippen LogP contribution is -2.32. The zero-order chi connectivity index (χ0) is 16.9. The molecule has 0 fully saturated rings. The monoisotopic (exact) mass is 319 g/mol. The summed E-state index contributed by atoms with van der Waals surface area (Å²) in [5, 5.41) is 17.6. The van der Waals surface area contributed by atoms with E-state index in [-0.39, 0.29) is 25.0 Å². The quantitative estimate of drug-likeness (QED) is 0.264. The maximum absolute atomic E-state index is 11.7. The lowest BCUT2D eigenvalue weighted by atomic mass is 10.2. The summed E-state index contributed by atoms with van der Waals surface area (Å²) >= 11 is 0. The Hall–Kier alpha value is -2.57. The van der Waals surface area contributed by atoms with Crippen LogP contribution in [-0.4, -0.2) is 30.0 Å². The molecule has 0 saturated carbocycles. The second-order valence-corrected chi connectivity index (χ2v) is 4.95. The number of benzene rings is 1. The van der Waals surface area contributed by atoms with E-state index in [1.54, 1.807) is 24.3 Å². The number of hydrogen-bond donors (Lipinski definition) is 3. The molecule has 23 heavy (non-hydrogen) atoms. The molecular weight excluding hydrogens is 298 g/mol. The number of carbonyl (C=O) groups excluding carboxylic acids is 2. The van der Waals surface area contributed by atoms with Crippen LogP contribution in [0.4, 0.5) is 5.69 Å². The molecule has 0 aliphatic carbocycles. The fourth-order valence-corrected chi connectivity index (χ4v) is 1.86. The van der Waals surface area contributed by atoms with Crippen LogP contribution in [0.1, 0.15) is 31.2 Å². The molecule has 8 heteroatoms. The van der Waals surface area contributed by atoms with Crippen molar-refractivity contribution < 1.29 is 14.7 Å². The molecular formula is C15H21N5O3. The van der Waals surface area contributed by atoms with Crippen LogP contribution in [0.3, 0.4) is 0 Å². The largest absolute Gasteiger partial charge is 0.392 e. The van der Waals surface area contributed by atoms with Gasteiger partial charge in [0.2, 0.25) is 11.8 Å². The Kier molecular flexibility index (Phi) is 8.88. The van der Waals surface area contributed by atoms with Crippen LogP contribution in [0, 0.1) is 0 Å². The van der Waals surface area contributed by atoms with Crippen LogP contribution in [0.25, 0.3) is 10.4 Å². The van der Waals surface area contributed by atoms with Crippen molar-refractivity contribution >= 4 is 17.5 Å². The van der Waals surface area contributed by atoms with Gasteiger partial charge >= 0.3 is 0 Å². The summed E-state index contributed by atoms with van der Waals surface area (Å²) in [6.45, 7) is 0.308. The number of nitrogens with one attached hydrogen (secondary N) is 2. The third kappa shape index (κ3) is 8.45. The van der Waals surface area contributed by atoms with E-state index in [1.165, 1.54) is 0 Å². The number of unbranched alkanes of at least 4 members (excludes halogenated alkanes) is 2. The van der Waals surface area contributed by atoms with Gasteiger partial charge in [0, 0.05) is 23.6 Å². The molecule has 1 aromatic rings. The van der Waals surface area contributed by atoms with Gasteiger partial charge in [0.15, 0.2) is 0 Å². The number of anilines is 1. The average molecular weight is 319 g/mol. The predicted molar refractivity (Wildman–Crippen MR) is 86.5 cm³/mol. The normalized spacial score (nSPS) is 9.78. The molecule has 0 aliphatic heterocycles. The van der Waals surface area contributed by atoms with Crippen LogP contribution in [-0.2, 0) is 16.2 Å². The van der Waals surface area contributed by atoms with Gasteiger partial charge < -0.3 is 15.7 Å². The highest BCUT2D eigenvalue weighted by Gasteiger charge is 2.06. The Morgan fingerprint density at radius 1 is 1.13 bits per heavy atom. The Balaban J connectivity index is 2.16. The van der Waals surface area contributed by atoms with Gasteiger partial charge in [0.05, 0.1) is 13.2 Å². The van der Waals surface area contributed by atoms with Crippen LogP contribution in [0.5, 0.6) is 0 Å². The summed E-state index contributed by atoms with van der Waals surface area (Å²) in [5.74, 6) is -0.488. The number of nitrogens with zero attached hydrogens (tertiary/aromatic N) is 3. The zero-order valence-corrected chi connectivity index (χ0v) is 12.9. The van der Waals surface area contributed by atoms with Gasteiger partial charge in [0.25, 0.3) is 0 Å². The van der Waals surface area contributed by atoms with Crippen molar-refractivity contribution in [3.63, 3.8) is 0 Å². The minimum absolute atomic E-state index is 0.0485. The van der Waals surface area contributed by atoms with E-state index in [4.69, 9.17) is 10.6 Å². The Labute approximate surface area is 134 Å². The molecule has 0 radical (unpaired) electrons. The second-order valence-electron chi connectivity index (χ2n) is 4.95. The van der Waals surface area contributed by atoms with E-state index in [0.717, 1.165) is 18.4 Å². The number of aliphatic hydroxyl groups is 1. The first-order valence-electron chi connectivity index (χ1n) is 7.43. The molecule has 0 unspecified atom stereocenters. The summed E-state index contributed by atoms with van der Waals surface area (Å²) in [6.07, 6.45) is 2.59. The van der Waals surface area contributed by atoms with Crippen LogP contribution in [0.15, 0.2) is 29.4 Å². The van der Waals surface area contributed by atoms with E-state index >= 15 is 0 Å². The number of azide groups is 1. The highest BCUT2D eigenvalue weighted by atomic mass is 16.3. The highest BCUT2D eigenvalue weighted by molar-refractivity contribution is 5.94. The van der Waals surface area contributed by atoms with Crippen molar-refractivity contribution in [1.82, 2.24) is 5.32 Å². The first-order chi connectivity index (χ1) is 11.2. The van der Waals surface area contributed by atoms with Gasteiger partial charge in [-0.25, -0.2) is 0 Å². The van der Waals surface area contributed by atoms with Crippen molar-refractivity contribution in [3.05, 3.63) is 40.3 Å². The lowest BCUT2D eigenvalue weighted by molar-refractivity contribution is -0.124. The third-order valence-corrected chi connectivity index (χ3v) is 3.09. The highest BCUT2D eigenvalue weighted by Crippen LogP contribution is 2.09. The van der Waals surface area contributed by atoms with Crippen LogP contribution >= 0.6 is 0 Å². The maximum atomic E-state index is 11.7. The fourth-order valence-electron chi connectivity index (χ4n) is 1.86. The van der Waals surface area contributed by atoms with Crippen molar-refractivity contribution in [2.45, 2.75) is 32.3 Å². The molecule has 0 aromatic heterocycles. The maximum Gasteiger partial charge on any atom is 0.243 e. The Morgan fingerprint density at radius 2 is 1.87 bits per heavy atom. The van der Waals surface area contributed by atoms with Gasteiger partial charge in [-0.15, -0.1) is 0 Å². The first-order valence-corrected chi connectivity index (χ1v) is 7.43. The molecule has 1 aromatic carbocycles. The molecule has 124 valence electrons. The Morgan fingerprint density at radius 3 is 2.52 bits per heavy atom. The van der Waals surface area contributed by atoms with Crippen LogP contribution < -0.4 is 10.6 Å². The van der Waals surface area contributed by atoms with Gasteiger partial charge in [0.1, 0.15) is 0 Å². The number of rotatable bonds is 10. The molecule has 0 bridgehead atoms. The molecule has 2 amide bonds. The number of aliphatic hydroxyl groups excluding tert-OH is 1. The van der Waals surface area contributed by atoms with Crippen molar-refractivity contribution in [1.29, 1.82) is 0 Å². The average Bonchev–Trinajstić information content (AvgIpc) is 2.57. The SMILES string of the molecule is [N-]=[N+]=NCCCCCC(=O)NCC(=O)Nc1ccc(CO)cc1. The lowest BCUT2D eigenvalue weighted by Gasteiger charge is -2.07. The smallest absolute Gasteiger partial charge is 0.243 e. The standard InChI is InChI=1S/C15H21N5O3/c16-20-18-9-3-1-2-4-14(22)17-10-15(23)19-13-7-5-12(11-21)6-8-13/h5-8,21H,1-4,9-11H2,(H,17,22)(H,19,23). The summed E-state index contributed by atoms with van der Waals surface area (Å²) in [4.78, 5) is 25.9. The molecule has 0 heterocycles. The summed E-state index contributed by atoms with van der Waals surface area (Å²) in [7, 11) is 0. The van der Waals surface area contributed by atoms with Crippen molar-refractivity contribution in [2.75, 3.05) is 18.4 Å². The third-order valence-electron chi connectivity index (χ3n) is 3.09. The van der Waals surface area contributed by atoms with E-state index in [1.807, 2.05) is 0 Å². The predicted octanol–water partition coefficient (Wildman–Crippen LogP) is 2.10. The van der Waals surface area contributed by atoms with Crippen LogP contribution in [0.2, 0.25) is 0 Å². The second kappa shape index (κ2) is 11.1. The minimum Gasteiger partial charge on any atom is -0.392 e. The van der Waals surface area contributed by atoms with Gasteiger partial charge in [-0.2, -0.15) is 0 Å². The van der Waals surface area contributed by atoms with E-state index in [2.05, 4.69) is 20.7 Å². The topological polar surface area (TPSA) is 127 Å². The molecule has 0 saturated heterocycles. The number of carbonyl (C=O) groups is 2. The molecule has 0 aliphatic rings. The van der Waals surface area contributed by atoms with E-state index < -0.39 is 0 Å². The van der Waals surface area contributed by atoms with Crippen molar-refractivity contribution in [3.8, 4) is 0 Å². The summed E-state index contributed by atoms with van der Waals surface area (Å²) in [5.41, 5.74) is 9.48. The molecule has 1 rings (SSSR count). The molecule has 0 atom stereocenters. The summed E-state index contributed by atoms with van der Waals surface area (Å²) in [6, 6.07) is 6.80. The summed E-state index contributed by atoms with van der Waals surface area (Å²) < 4.78 is 0. The number of amides is 2. The van der Waals surface area contributed by atoms with E-state index in [0.29, 0.717) is 25.1 Å². The minimum atomic E-state index is -0.307. The zero-order valence-electron chi connectivity index (χ0n) is 12.9. The Bertz CT molecular complexity index is 553. The molecule has 8 nitrogen and oxygen atoms in total. The molecule has 0 spiro atoms. The fraction of sp³-hybridized carbons (Fsp3) is 0.467. The van der Waals surface area contributed by atoms with E-state index in [9.17, 15) is 9.59 Å². The van der Waals surface area contributed by atoms with Gasteiger partial charge in [-0.1, -0.05) is 23.7 Å². The van der Waals surface area contributed by atoms with Crippen molar-refractivity contribution in [2.24, 2.45) is 5.11 Å². The number of hydrogen-bond acceptors (Lipinski definition) is 4. The van der Waals surface area contributed by atoms with Gasteiger partial charge in [-0.05, 0) is 36.1 Å². The molecule has 3 N–H and O–H groups in total.